The summed E-state index contributed by atoms with van der Waals surface area (Å²) in [5.74, 6) is 0.348. The van der Waals surface area contributed by atoms with Crippen molar-refractivity contribution in [2.75, 3.05) is 44.9 Å². The highest BCUT2D eigenvalue weighted by Gasteiger charge is 2.44. The lowest BCUT2D eigenvalue weighted by Gasteiger charge is -2.30. The van der Waals surface area contributed by atoms with Crippen LogP contribution < -0.4 is 21.7 Å². The maximum Gasteiger partial charge on any atom is 0.407 e. The highest BCUT2D eigenvalue weighted by atomic mass is 16.5. The number of nitrogens with zero attached hydrogens (tertiary/aromatic N) is 3. The molecule has 366 valence electrons. The topological polar surface area (TPSA) is 184 Å². The Balaban J connectivity index is 0.876. The number of aromatic amines is 1. The van der Waals surface area contributed by atoms with Crippen LogP contribution in [0, 0.1) is 0 Å². The molecule has 1 spiro atoms. The third-order valence-electron chi connectivity index (χ3n) is 15.4. The average molecular weight is 955 g/mol. The van der Waals surface area contributed by atoms with E-state index in [-0.39, 0.29) is 29.3 Å². The van der Waals surface area contributed by atoms with E-state index in [2.05, 4.69) is 69.5 Å². The summed E-state index contributed by atoms with van der Waals surface area (Å²) in [7, 11) is 2.59. The number of alkyl carbamates (subject to hydrolysis) is 2. The van der Waals surface area contributed by atoms with Gasteiger partial charge in [0.15, 0.2) is 0 Å². The van der Waals surface area contributed by atoms with Crippen LogP contribution in [0.1, 0.15) is 104 Å². The standard InChI is InChI=1S/C57H62N8O6/c1-70-55(68)62-50(38-13-5-3-6-14-38)53(66)64-31-11-17-41(64)34-59-46-33-40(23-26-45(46)58)42-24-25-43(49-44(42)27-30-57(49)28-9-10-29-57)36-19-21-37(22-20-36)47-35-60-52(61-47)48-18-12-32-65(48)54(67)51(63-56(69)71-2)39-15-7-4-8-16-39/h3-8,13-16,19-26,33,35,41,48,50-51,59H,9-12,17-18,27-32,34,58H2,1-2H3,(H,60,61)(H,62,68)(H,63,69). The number of nitrogens with two attached hydrogens (primary N) is 1. The molecule has 10 rings (SSSR count). The molecule has 5 aromatic carbocycles. The fourth-order valence-electron chi connectivity index (χ4n) is 11.9. The lowest BCUT2D eigenvalue weighted by Crippen LogP contribution is -2.46. The predicted molar refractivity (Wildman–Crippen MR) is 274 cm³/mol. The van der Waals surface area contributed by atoms with Gasteiger partial charge in [-0.25, -0.2) is 14.6 Å². The highest BCUT2D eigenvalue weighted by Crippen LogP contribution is 2.55. The summed E-state index contributed by atoms with van der Waals surface area (Å²) >= 11 is 0. The Kier molecular flexibility index (Phi) is 13.5. The number of fused-ring (bicyclic) bond motifs is 2. The summed E-state index contributed by atoms with van der Waals surface area (Å²) < 4.78 is 9.77. The van der Waals surface area contributed by atoms with Crippen LogP contribution in [0.3, 0.4) is 0 Å². The van der Waals surface area contributed by atoms with Crippen molar-refractivity contribution >= 4 is 35.4 Å². The molecule has 4 unspecified atom stereocenters. The van der Waals surface area contributed by atoms with Gasteiger partial charge < -0.3 is 45.9 Å². The number of anilines is 2. The molecule has 3 heterocycles. The van der Waals surface area contributed by atoms with Gasteiger partial charge >= 0.3 is 12.2 Å². The average Bonchev–Trinajstić information content (AvgIpc) is 4.29. The van der Waals surface area contributed by atoms with Crippen molar-refractivity contribution in [2.24, 2.45) is 0 Å². The normalized spacial score (nSPS) is 18.7. The molecule has 2 aliphatic carbocycles. The number of carbonyl (C=O) groups excluding carboxylic acids is 4. The molecule has 2 saturated heterocycles. The molecule has 4 atom stereocenters. The number of likely N-dealkylation sites (tertiary alicyclic amines) is 2. The van der Waals surface area contributed by atoms with Crippen molar-refractivity contribution in [2.45, 2.75) is 93.8 Å². The number of carbonyl (C=O) groups is 4. The van der Waals surface area contributed by atoms with E-state index in [1.165, 1.54) is 67.7 Å². The zero-order valence-electron chi connectivity index (χ0n) is 40.4. The number of aromatic nitrogens is 2. The van der Waals surface area contributed by atoms with Crippen molar-refractivity contribution < 1.29 is 28.7 Å². The molecular weight excluding hydrogens is 893 g/mol. The second kappa shape index (κ2) is 20.4. The minimum atomic E-state index is -0.885. The van der Waals surface area contributed by atoms with E-state index in [1.807, 2.05) is 82.7 Å². The van der Waals surface area contributed by atoms with Crippen LogP contribution in [0.15, 0.2) is 121 Å². The van der Waals surface area contributed by atoms with E-state index >= 15 is 0 Å². The fourth-order valence-corrected chi connectivity index (χ4v) is 11.9. The smallest absolute Gasteiger partial charge is 0.407 e. The van der Waals surface area contributed by atoms with Crippen LogP contribution in [0.5, 0.6) is 0 Å². The molecule has 6 aromatic rings. The molecule has 4 aliphatic rings. The van der Waals surface area contributed by atoms with Crippen molar-refractivity contribution in [3.8, 4) is 33.5 Å². The minimum Gasteiger partial charge on any atom is -0.453 e. The van der Waals surface area contributed by atoms with Gasteiger partial charge in [0.2, 0.25) is 5.91 Å². The molecule has 14 nitrogen and oxygen atoms in total. The number of nitrogens with one attached hydrogen (secondary N) is 4. The van der Waals surface area contributed by atoms with Gasteiger partial charge in [-0.1, -0.05) is 116 Å². The van der Waals surface area contributed by atoms with Crippen LogP contribution in [0.4, 0.5) is 21.0 Å². The van der Waals surface area contributed by atoms with E-state index in [0.717, 1.165) is 66.9 Å². The van der Waals surface area contributed by atoms with Crippen molar-refractivity contribution in [3.63, 3.8) is 0 Å². The maximum atomic E-state index is 14.1. The lowest BCUT2D eigenvalue weighted by atomic mass is 9.76. The quantitative estimate of drug-likeness (QED) is 0.0703. The molecule has 6 N–H and O–H groups in total. The molecule has 1 saturated carbocycles. The summed E-state index contributed by atoms with van der Waals surface area (Å²) in [4.78, 5) is 64.9. The molecule has 2 aliphatic heterocycles. The van der Waals surface area contributed by atoms with Crippen molar-refractivity contribution in [1.29, 1.82) is 0 Å². The van der Waals surface area contributed by atoms with Gasteiger partial charge in [0, 0.05) is 25.7 Å². The zero-order chi connectivity index (χ0) is 49.1. The van der Waals surface area contributed by atoms with Gasteiger partial charge in [0.1, 0.15) is 17.9 Å². The van der Waals surface area contributed by atoms with E-state index in [9.17, 15) is 19.2 Å². The number of methoxy groups -OCH3 is 2. The Morgan fingerprint density at radius 3 is 1.96 bits per heavy atom. The first-order valence-corrected chi connectivity index (χ1v) is 25.0. The summed E-state index contributed by atoms with van der Waals surface area (Å²) in [6.45, 7) is 1.66. The van der Waals surface area contributed by atoms with Crippen molar-refractivity contribution in [3.05, 3.63) is 150 Å². The summed E-state index contributed by atoms with van der Waals surface area (Å²) in [5, 5.41) is 9.13. The largest absolute Gasteiger partial charge is 0.453 e. The lowest BCUT2D eigenvalue weighted by molar-refractivity contribution is -0.135. The predicted octanol–water partition coefficient (Wildman–Crippen LogP) is 10.0. The molecule has 0 radical (unpaired) electrons. The molecule has 4 amide bonds. The number of H-pyrrole nitrogens is 1. The number of nitrogen functional groups attached to an aromatic ring is 1. The number of hydrogen-bond acceptors (Lipinski definition) is 9. The Hall–Kier alpha value is -7.61. The third-order valence-corrected chi connectivity index (χ3v) is 15.4. The second-order valence-electron chi connectivity index (χ2n) is 19.4. The van der Waals surface area contributed by atoms with E-state index in [4.69, 9.17) is 20.2 Å². The Morgan fingerprint density at radius 2 is 1.30 bits per heavy atom. The molecule has 71 heavy (non-hydrogen) atoms. The third kappa shape index (κ3) is 9.42. The van der Waals surface area contributed by atoms with Gasteiger partial charge in [-0.2, -0.15) is 0 Å². The Morgan fingerprint density at radius 1 is 0.704 bits per heavy atom. The van der Waals surface area contributed by atoms with Crippen molar-refractivity contribution in [1.82, 2.24) is 30.4 Å². The first kappa shape index (κ1) is 47.1. The van der Waals surface area contributed by atoms with Gasteiger partial charge in [0.25, 0.3) is 5.91 Å². The summed E-state index contributed by atoms with van der Waals surface area (Å²) in [6.07, 6.45) is 10.7. The zero-order valence-corrected chi connectivity index (χ0v) is 40.4. The van der Waals surface area contributed by atoms with E-state index < -0.39 is 24.3 Å². The van der Waals surface area contributed by atoms with E-state index in [1.54, 1.807) is 0 Å². The number of ether oxygens (including phenoxy) is 2. The number of rotatable bonds is 13. The molecule has 3 fully saturated rings. The van der Waals surface area contributed by atoms with Gasteiger partial charge in [-0.05, 0) is 119 Å². The molecule has 1 aromatic heterocycles. The summed E-state index contributed by atoms with van der Waals surface area (Å²) in [6, 6.07) is 36.0. The molecule has 14 heteroatoms. The van der Waals surface area contributed by atoms with Crippen LogP contribution in [0.2, 0.25) is 0 Å². The summed E-state index contributed by atoms with van der Waals surface area (Å²) in [5.41, 5.74) is 19.2. The minimum absolute atomic E-state index is 0.0894. The van der Waals surface area contributed by atoms with Gasteiger partial charge in [-0.15, -0.1) is 0 Å². The molecular formula is C57H62N8O6. The van der Waals surface area contributed by atoms with E-state index in [0.29, 0.717) is 36.4 Å². The number of benzene rings is 5. The maximum absolute atomic E-state index is 14.1. The number of hydrogen-bond donors (Lipinski definition) is 5. The van der Waals surface area contributed by atoms with Crippen LogP contribution in [-0.2, 0) is 30.9 Å². The number of amides is 4. The Bertz CT molecular complexity index is 2900. The van der Waals surface area contributed by atoms with Crippen LogP contribution in [0.25, 0.3) is 33.5 Å². The van der Waals surface area contributed by atoms with Crippen LogP contribution >= 0.6 is 0 Å². The first-order valence-electron chi connectivity index (χ1n) is 25.0. The SMILES string of the molecule is COC(=O)NC(C(=O)N1CCCC1CNc1cc(-c2ccc(-c3ccc(-c4cnc(C5CCCN5C(=O)C(NC(=O)OC)c5ccccc5)[nH]4)cc3)c3c2CCC32CCCC2)ccc1N)c1ccccc1. The molecule has 0 bridgehead atoms. The fraction of sp³-hybridized carbons (Fsp3) is 0.351. The van der Waals surface area contributed by atoms with Gasteiger partial charge in [0.05, 0.1) is 43.5 Å². The highest BCUT2D eigenvalue weighted by molar-refractivity contribution is 5.89. The monoisotopic (exact) mass is 954 g/mol. The number of imidazole rings is 1. The second-order valence-corrected chi connectivity index (χ2v) is 19.4. The Labute approximate surface area is 414 Å². The van der Waals surface area contributed by atoms with Crippen LogP contribution in [-0.4, -0.2) is 83.7 Å². The van der Waals surface area contributed by atoms with Gasteiger partial charge in [-0.3, -0.25) is 9.59 Å². The first-order chi connectivity index (χ1) is 34.6.